The summed E-state index contributed by atoms with van der Waals surface area (Å²) in [6.07, 6.45) is 1.12. The van der Waals surface area contributed by atoms with Crippen LogP contribution in [-0.2, 0) is 6.54 Å². The first-order valence-electron chi connectivity index (χ1n) is 20.1. The van der Waals surface area contributed by atoms with E-state index in [1.807, 2.05) is 116 Å². The number of aryl methyl sites for hydroxylation is 1. The Kier molecular flexibility index (Phi) is 11.2. The predicted octanol–water partition coefficient (Wildman–Crippen LogP) is 9.64. The Morgan fingerprint density at radius 3 is 1.23 bits per heavy atom. The van der Waals surface area contributed by atoms with Gasteiger partial charge in [0.1, 0.15) is 0 Å². The zero-order valence-corrected chi connectivity index (χ0v) is 34.2. The van der Waals surface area contributed by atoms with E-state index in [2.05, 4.69) is 68.6 Å². The summed E-state index contributed by atoms with van der Waals surface area (Å²) < 4.78 is 22.8. The van der Waals surface area contributed by atoms with Gasteiger partial charge in [-0.2, -0.15) is 19.9 Å². The summed E-state index contributed by atoms with van der Waals surface area (Å²) in [6.45, 7) is 8.20. The molecule has 4 aromatic heterocycles. The molecule has 4 heterocycles. The zero-order valence-electron chi connectivity index (χ0n) is 34.2. The van der Waals surface area contributed by atoms with Gasteiger partial charge in [-0.1, -0.05) is 99.8 Å². The third kappa shape index (κ3) is 8.95. The zero-order chi connectivity index (χ0) is 41.7. The first-order valence-corrected chi connectivity index (χ1v) is 20.1. The highest BCUT2D eigenvalue weighted by Crippen LogP contribution is 2.31. The minimum Gasteiger partial charge on any atom is -0.334 e. The molecule has 0 aliphatic heterocycles. The van der Waals surface area contributed by atoms with Gasteiger partial charge < -0.3 is 27.9 Å². The van der Waals surface area contributed by atoms with Gasteiger partial charge >= 0.3 is 0 Å². The average molecular weight is 811 g/mol. The van der Waals surface area contributed by atoms with Crippen LogP contribution in [0.5, 0.6) is 0 Å². The van der Waals surface area contributed by atoms with E-state index in [1.54, 1.807) is 0 Å². The van der Waals surface area contributed by atoms with Crippen molar-refractivity contribution in [2.75, 3.05) is 33.7 Å². The molecule has 0 N–H and O–H groups in total. The minimum atomic E-state index is 0.342. The largest absolute Gasteiger partial charge is 0.334 e. The Labute approximate surface area is 351 Å². The van der Waals surface area contributed by atoms with Crippen LogP contribution in [0.4, 0.5) is 0 Å². The average Bonchev–Trinajstić information content (AvgIpc) is 4.15. The highest BCUT2D eigenvalue weighted by atomic mass is 16.5. The lowest BCUT2D eigenvalue weighted by Crippen LogP contribution is -2.25. The van der Waals surface area contributed by atoms with Crippen LogP contribution in [0.2, 0.25) is 0 Å². The predicted molar refractivity (Wildman–Crippen MR) is 230 cm³/mol. The number of aromatic nitrogens is 8. The lowest BCUT2D eigenvalue weighted by molar-refractivity contribution is 0.280. The third-order valence-electron chi connectivity index (χ3n) is 10.3. The maximum Gasteiger partial charge on any atom is 0.258 e. The molecule has 0 fully saturated rings. The van der Waals surface area contributed by atoms with Crippen LogP contribution in [0, 0.1) is 6.92 Å². The molecule has 0 bridgehead atoms. The molecular weight excluding hydrogens is 769 g/mol. The van der Waals surface area contributed by atoms with Crippen molar-refractivity contribution in [2.24, 2.45) is 0 Å². The van der Waals surface area contributed by atoms with Crippen molar-refractivity contribution in [1.82, 2.24) is 50.4 Å². The Morgan fingerprint density at radius 2 is 0.787 bits per heavy atom. The molecule has 0 atom stereocenters. The van der Waals surface area contributed by atoms with Gasteiger partial charge in [-0.15, -0.1) is 0 Å². The number of nitrogens with zero attached hydrogens (tertiary/aromatic N) is 10. The molecule has 0 saturated heterocycles. The molecule has 14 nitrogen and oxygen atoms in total. The molecule has 0 unspecified atom stereocenters. The molecule has 0 spiro atoms. The Bertz CT molecular complexity index is 2910. The van der Waals surface area contributed by atoms with Gasteiger partial charge in [-0.3, -0.25) is 0 Å². The number of benzene rings is 5. The van der Waals surface area contributed by atoms with Gasteiger partial charge in [0.25, 0.3) is 23.6 Å². The lowest BCUT2D eigenvalue weighted by Gasteiger charge is -2.19. The first-order chi connectivity index (χ1) is 29.8. The fraction of sp³-hybridized carbons (Fsp3) is 0.191. The first kappa shape index (κ1) is 39.1. The molecule has 9 rings (SSSR count). The van der Waals surface area contributed by atoms with Gasteiger partial charge in [0.05, 0.1) is 0 Å². The summed E-state index contributed by atoms with van der Waals surface area (Å²) in [5.41, 5.74) is 8.39. The minimum absolute atomic E-state index is 0.342. The highest BCUT2D eigenvalue weighted by molar-refractivity contribution is 5.71. The van der Waals surface area contributed by atoms with Crippen molar-refractivity contribution < 1.29 is 18.1 Å². The van der Waals surface area contributed by atoms with Gasteiger partial charge in [-0.05, 0) is 107 Å². The Morgan fingerprint density at radius 1 is 0.426 bits per heavy atom. The molecular formula is C47H42N10O4. The maximum absolute atomic E-state index is 5.74. The standard InChI is InChI=1S/C47H42N10O4/c1-5-56(3)22-11-23-57(4)29-31-13-7-15-33(25-31)41-49-45(59-53-41)37-19-10-21-39(28-37)47-51-43(55-61-47)35-17-8-16-34(26-35)42-50-46(60-54-42)38-20-9-18-36(27-38)44-48-40(52-58-44)32-14-6-12-30(2)24-32/h6-10,12-21,24-28H,5,11,22-23,29H2,1-4H3. The second kappa shape index (κ2) is 17.4. The molecule has 14 heteroatoms. The van der Waals surface area contributed by atoms with Crippen molar-refractivity contribution in [2.45, 2.75) is 26.8 Å². The van der Waals surface area contributed by atoms with E-state index in [1.165, 1.54) is 5.56 Å². The summed E-state index contributed by atoms with van der Waals surface area (Å²) >= 11 is 0. The van der Waals surface area contributed by atoms with Crippen LogP contribution in [0.25, 0.3) is 91.4 Å². The molecule has 0 aliphatic carbocycles. The lowest BCUT2D eigenvalue weighted by atomic mass is 10.1. The van der Waals surface area contributed by atoms with Gasteiger partial charge in [-0.25, -0.2) is 0 Å². The summed E-state index contributed by atoms with van der Waals surface area (Å²) in [5, 5.41) is 17.0. The monoisotopic (exact) mass is 810 g/mol. The Hall–Kier alpha value is -7.42. The molecule has 5 aromatic carbocycles. The van der Waals surface area contributed by atoms with Crippen molar-refractivity contribution >= 4 is 0 Å². The van der Waals surface area contributed by atoms with Gasteiger partial charge in [0.2, 0.25) is 23.3 Å². The molecule has 0 aliphatic rings. The van der Waals surface area contributed by atoms with Crippen molar-refractivity contribution in [1.29, 1.82) is 0 Å². The summed E-state index contributed by atoms with van der Waals surface area (Å²) in [6, 6.07) is 38.9. The number of hydrogen-bond donors (Lipinski definition) is 0. The van der Waals surface area contributed by atoms with Crippen LogP contribution in [0.15, 0.2) is 139 Å². The normalized spacial score (nSPS) is 11.6. The van der Waals surface area contributed by atoms with Crippen molar-refractivity contribution in [3.8, 4) is 91.4 Å². The fourth-order valence-corrected chi connectivity index (χ4v) is 6.95. The maximum atomic E-state index is 5.74. The third-order valence-corrected chi connectivity index (χ3v) is 10.3. The van der Waals surface area contributed by atoms with E-state index in [0.717, 1.165) is 71.5 Å². The molecule has 304 valence electrons. The molecule has 0 radical (unpaired) electrons. The Balaban J connectivity index is 0.874. The smallest absolute Gasteiger partial charge is 0.258 e. The molecule has 0 saturated carbocycles. The van der Waals surface area contributed by atoms with Crippen LogP contribution < -0.4 is 0 Å². The molecule has 9 aromatic rings. The van der Waals surface area contributed by atoms with Crippen LogP contribution in [0.3, 0.4) is 0 Å². The van der Waals surface area contributed by atoms with Crippen LogP contribution in [0.1, 0.15) is 24.5 Å². The number of rotatable bonds is 15. The van der Waals surface area contributed by atoms with E-state index in [-0.39, 0.29) is 0 Å². The number of hydrogen-bond acceptors (Lipinski definition) is 14. The summed E-state index contributed by atoms with van der Waals surface area (Å²) in [5.74, 6) is 3.31. The highest BCUT2D eigenvalue weighted by Gasteiger charge is 2.19. The van der Waals surface area contributed by atoms with Crippen molar-refractivity contribution in [3.63, 3.8) is 0 Å². The summed E-state index contributed by atoms with van der Waals surface area (Å²) in [4.78, 5) is 23.4. The van der Waals surface area contributed by atoms with Gasteiger partial charge in [0, 0.05) is 51.1 Å². The van der Waals surface area contributed by atoms with Crippen LogP contribution >= 0.6 is 0 Å². The second-order valence-corrected chi connectivity index (χ2v) is 15.0. The molecule has 0 amide bonds. The summed E-state index contributed by atoms with van der Waals surface area (Å²) in [7, 11) is 4.30. The van der Waals surface area contributed by atoms with E-state index >= 15 is 0 Å². The van der Waals surface area contributed by atoms with E-state index in [0.29, 0.717) is 58.0 Å². The van der Waals surface area contributed by atoms with Gasteiger partial charge in [0.15, 0.2) is 0 Å². The van der Waals surface area contributed by atoms with E-state index < -0.39 is 0 Å². The SMILES string of the molecule is CCN(C)CCCN(C)Cc1cccc(-c2noc(-c3cccc(-c4nc(-c5cccc(-c6noc(-c7cccc(-c8nc(-c9cccc(C)c9)no8)c7)n6)c5)no4)c3)n2)c1. The second-order valence-electron chi connectivity index (χ2n) is 15.0. The van der Waals surface area contributed by atoms with Crippen molar-refractivity contribution in [3.05, 3.63) is 132 Å². The van der Waals surface area contributed by atoms with Crippen LogP contribution in [-0.4, -0.2) is 84.1 Å². The topological polar surface area (TPSA) is 162 Å². The van der Waals surface area contributed by atoms with E-state index in [9.17, 15) is 0 Å². The quantitative estimate of drug-likeness (QED) is 0.0962. The molecule has 61 heavy (non-hydrogen) atoms. The van der Waals surface area contributed by atoms with E-state index in [4.69, 9.17) is 33.0 Å². The fourth-order valence-electron chi connectivity index (χ4n) is 6.95.